The van der Waals surface area contributed by atoms with Crippen LogP contribution in [0.1, 0.15) is 17.4 Å². The third kappa shape index (κ3) is 2.48. The van der Waals surface area contributed by atoms with Crippen molar-refractivity contribution in [1.29, 1.82) is 0 Å². The first-order chi connectivity index (χ1) is 9.06. The van der Waals surface area contributed by atoms with Crippen LogP contribution in [0.15, 0.2) is 16.6 Å². The SMILES string of the molecule is CCOC(=O)c1n[nH]nc1-c1ccc(F)c(Br)c1F. The van der Waals surface area contributed by atoms with E-state index in [4.69, 9.17) is 4.74 Å². The minimum Gasteiger partial charge on any atom is -0.461 e. The predicted molar refractivity (Wildman–Crippen MR) is 65.4 cm³/mol. The summed E-state index contributed by atoms with van der Waals surface area (Å²) in [6.45, 7) is 1.79. The summed E-state index contributed by atoms with van der Waals surface area (Å²) in [4.78, 5) is 11.6. The number of aromatic amines is 1. The van der Waals surface area contributed by atoms with Gasteiger partial charge in [-0.2, -0.15) is 10.3 Å². The van der Waals surface area contributed by atoms with Crippen molar-refractivity contribution in [3.63, 3.8) is 0 Å². The number of ether oxygens (including phenoxy) is 1. The van der Waals surface area contributed by atoms with Crippen LogP contribution in [0.3, 0.4) is 0 Å². The van der Waals surface area contributed by atoms with E-state index >= 15 is 0 Å². The first-order valence-electron chi connectivity index (χ1n) is 5.28. The molecule has 8 heteroatoms. The fraction of sp³-hybridized carbons (Fsp3) is 0.182. The zero-order valence-corrected chi connectivity index (χ0v) is 11.3. The van der Waals surface area contributed by atoms with Crippen LogP contribution in [0.5, 0.6) is 0 Å². The topological polar surface area (TPSA) is 67.9 Å². The van der Waals surface area contributed by atoms with Crippen LogP contribution >= 0.6 is 15.9 Å². The Balaban J connectivity index is 2.52. The number of benzene rings is 1. The summed E-state index contributed by atoms with van der Waals surface area (Å²) >= 11 is 2.78. The van der Waals surface area contributed by atoms with Crippen LogP contribution in [-0.4, -0.2) is 28.0 Å². The Labute approximate surface area is 115 Å². The van der Waals surface area contributed by atoms with E-state index in [1.807, 2.05) is 0 Å². The highest BCUT2D eigenvalue weighted by Crippen LogP contribution is 2.30. The Morgan fingerprint density at radius 3 is 2.84 bits per heavy atom. The van der Waals surface area contributed by atoms with Gasteiger partial charge in [0.25, 0.3) is 0 Å². The number of hydrogen-bond acceptors (Lipinski definition) is 4. The smallest absolute Gasteiger partial charge is 0.361 e. The van der Waals surface area contributed by atoms with Gasteiger partial charge in [-0.3, -0.25) is 0 Å². The molecule has 0 amide bonds. The first-order valence-corrected chi connectivity index (χ1v) is 6.07. The Bertz CT molecular complexity index is 630. The molecule has 0 unspecified atom stereocenters. The van der Waals surface area contributed by atoms with E-state index in [9.17, 15) is 13.6 Å². The number of halogens is 3. The zero-order valence-electron chi connectivity index (χ0n) is 9.71. The van der Waals surface area contributed by atoms with Crippen LogP contribution in [0.4, 0.5) is 8.78 Å². The van der Waals surface area contributed by atoms with E-state index in [0.717, 1.165) is 6.07 Å². The molecule has 0 saturated carbocycles. The summed E-state index contributed by atoms with van der Waals surface area (Å²) < 4.78 is 31.5. The van der Waals surface area contributed by atoms with Gasteiger partial charge in [0.1, 0.15) is 17.3 Å². The highest BCUT2D eigenvalue weighted by atomic mass is 79.9. The number of nitrogens with zero attached hydrogens (tertiary/aromatic N) is 2. The monoisotopic (exact) mass is 331 g/mol. The lowest BCUT2D eigenvalue weighted by atomic mass is 10.1. The Hall–Kier alpha value is -1.83. The molecule has 100 valence electrons. The van der Waals surface area contributed by atoms with Crippen LogP contribution in [-0.2, 0) is 4.74 Å². The average Bonchev–Trinajstić information content (AvgIpc) is 2.85. The number of H-pyrrole nitrogens is 1. The highest BCUT2D eigenvalue weighted by molar-refractivity contribution is 9.10. The normalized spacial score (nSPS) is 10.5. The molecule has 0 spiro atoms. The molecule has 0 aliphatic carbocycles. The van der Waals surface area contributed by atoms with Gasteiger partial charge < -0.3 is 4.74 Å². The van der Waals surface area contributed by atoms with Crippen LogP contribution in [0.2, 0.25) is 0 Å². The van der Waals surface area contributed by atoms with Crippen molar-refractivity contribution < 1.29 is 18.3 Å². The zero-order chi connectivity index (χ0) is 14.0. The second-order valence-electron chi connectivity index (χ2n) is 3.46. The number of carbonyl (C=O) groups is 1. The second-order valence-corrected chi connectivity index (χ2v) is 4.26. The van der Waals surface area contributed by atoms with Gasteiger partial charge in [0.2, 0.25) is 0 Å². The number of rotatable bonds is 3. The van der Waals surface area contributed by atoms with Gasteiger partial charge in [-0.1, -0.05) is 0 Å². The lowest BCUT2D eigenvalue weighted by Crippen LogP contribution is -2.07. The predicted octanol–water partition coefficient (Wildman–Crippen LogP) is 2.69. The molecule has 0 saturated heterocycles. The molecule has 2 rings (SSSR count). The quantitative estimate of drug-likeness (QED) is 0.693. The van der Waals surface area contributed by atoms with E-state index in [0.29, 0.717) is 0 Å². The molecule has 0 aliphatic heterocycles. The maximum Gasteiger partial charge on any atom is 0.361 e. The number of hydrogen-bond donors (Lipinski definition) is 1. The molecule has 0 atom stereocenters. The van der Waals surface area contributed by atoms with Crippen molar-refractivity contribution in [3.8, 4) is 11.3 Å². The summed E-state index contributed by atoms with van der Waals surface area (Å²) in [5.41, 5.74) is -0.235. The van der Waals surface area contributed by atoms with Crippen molar-refractivity contribution in [2.45, 2.75) is 6.92 Å². The maximum atomic E-state index is 13.9. The minimum absolute atomic E-state index is 0.0309. The standard InChI is InChI=1S/C11H8BrF2N3O2/c1-2-19-11(18)10-9(15-17-16-10)5-3-4-6(13)7(12)8(5)14/h3-4H,2H2,1H3,(H,15,16,17). The molecule has 2 aromatic rings. The number of aromatic nitrogens is 3. The van der Waals surface area contributed by atoms with E-state index < -0.39 is 17.6 Å². The fourth-order valence-corrected chi connectivity index (χ4v) is 1.81. The largest absolute Gasteiger partial charge is 0.461 e. The molecular weight excluding hydrogens is 324 g/mol. The van der Waals surface area contributed by atoms with E-state index in [1.54, 1.807) is 6.92 Å². The van der Waals surface area contributed by atoms with E-state index in [2.05, 4.69) is 31.3 Å². The molecule has 5 nitrogen and oxygen atoms in total. The van der Waals surface area contributed by atoms with Gasteiger partial charge in [0.05, 0.1) is 11.1 Å². The summed E-state index contributed by atoms with van der Waals surface area (Å²) in [7, 11) is 0. The molecule has 0 bridgehead atoms. The van der Waals surface area contributed by atoms with Gasteiger partial charge >= 0.3 is 5.97 Å². The van der Waals surface area contributed by atoms with Crippen molar-refractivity contribution in [2.75, 3.05) is 6.61 Å². The van der Waals surface area contributed by atoms with Gasteiger partial charge in [-0.15, -0.1) is 5.10 Å². The molecule has 0 fully saturated rings. The van der Waals surface area contributed by atoms with Gasteiger partial charge in [-0.25, -0.2) is 13.6 Å². The lowest BCUT2D eigenvalue weighted by molar-refractivity contribution is 0.0520. The van der Waals surface area contributed by atoms with Gasteiger partial charge in [0, 0.05) is 5.56 Å². The van der Waals surface area contributed by atoms with Crippen molar-refractivity contribution >= 4 is 21.9 Å². The van der Waals surface area contributed by atoms with Crippen LogP contribution in [0, 0.1) is 11.6 Å². The Morgan fingerprint density at radius 2 is 2.16 bits per heavy atom. The number of carbonyl (C=O) groups excluding carboxylic acids is 1. The first kappa shape index (κ1) is 13.6. The van der Waals surface area contributed by atoms with E-state index in [-0.39, 0.29) is 28.0 Å². The maximum absolute atomic E-state index is 13.9. The van der Waals surface area contributed by atoms with Gasteiger partial charge in [-0.05, 0) is 35.0 Å². The molecule has 0 radical (unpaired) electrons. The molecule has 1 aromatic carbocycles. The molecule has 1 heterocycles. The third-order valence-corrected chi connectivity index (χ3v) is 3.03. The number of esters is 1. The fourth-order valence-electron chi connectivity index (χ4n) is 1.47. The summed E-state index contributed by atoms with van der Waals surface area (Å²) in [6, 6.07) is 2.24. The Morgan fingerprint density at radius 1 is 1.42 bits per heavy atom. The second kappa shape index (κ2) is 5.43. The molecule has 1 aromatic heterocycles. The van der Waals surface area contributed by atoms with Crippen LogP contribution < -0.4 is 0 Å². The Kier molecular flexibility index (Phi) is 3.89. The lowest BCUT2D eigenvalue weighted by Gasteiger charge is -2.04. The minimum atomic E-state index is -0.862. The molecule has 0 aliphatic rings. The van der Waals surface area contributed by atoms with Crippen LogP contribution in [0.25, 0.3) is 11.3 Å². The average molecular weight is 332 g/mol. The summed E-state index contributed by atoms with van der Waals surface area (Å²) in [5.74, 6) is -2.34. The summed E-state index contributed by atoms with van der Waals surface area (Å²) in [6.07, 6.45) is 0. The summed E-state index contributed by atoms with van der Waals surface area (Å²) in [5, 5.41) is 9.54. The van der Waals surface area contributed by atoms with Crippen molar-refractivity contribution in [1.82, 2.24) is 15.4 Å². The number of nitrogens with one attached hydrogen (secondary N) is 1. The molecular formula is C11H8BrF2N3O2. The van der Waals surface area contributed by atoms with Crippen molar-refractivity contribution in [2.24, 2.45) is 0 Å². The molecule has 19 heavy (non-hydrogen) atoms. The third-order valence-electron chi connectivity index (χ3n) is 2.31. The molecule has 1 N–H and O–H groups in total. The van der Waals surface area contributed by atoms with Crippen molar-refractivity contribution in [3.05, 3.63) is 33.9 Å². The highest BCUT2D eigenvalue weighted by Gasteiger charge is 2.23. The van der Waals surface area contributed by atoms with E-state index in [1.165, 1.54) is 6.07 Å². The van der Waals surface area contributed by atoms with Gasteiger partial charge in [0.15, 0.2) is 5.69 Å².